The molecule has 0 bridgehead atoms. The van der Waals surface area contributed by atoms with Crippen LogP contribution in [0.5, 0.6) is 0 Å². The van der Waals surface area contributed by atoms with Gasteiger partial charge in [-0.15, -0.1) is 0 Å². The first-order valence-corrected chi connectivity index (χ1v) is 7.41. The Balaban J connectivity index is 2.04. The van der Waals surface area contributed by atoms with Gasteiger partial charge in [-0.2, -0.15) is 5.10 Å². The number of imidazole rings is 1. The molecule has 0 aliphatic heterocycles. The number of hydrogen-bond donors (Lipinski definition) is 1. The summed E-state index contributed by atoms with van der Waals surface area (Å²) >= 11 is 0. The quantitative estimate of drug-likeness (QED) is 0.803. The average molecular weight is 299 g/mol. The van der Waals surface area contributed by atoms with Crippen molar-refractivity contribution in [2.24, 2.45) is 0 Å². The minimum atomic E-state index is -0.700. The molecule has 0 atom stereocenters. The van der Waals surface area contributed by atoms with Gasteiger partial charge in [-0.25, -0.2) is 14.5 Å². The fourth-order valence-corrected chi connectivity index (χ4v) is 2.56. The van der Waals surface area contributed by atoms with E-state index in [1.807, 2.05) is 49.0 Å². The zero-order chi connectivity index (χ0) is 15.9. The lowest BCUT2D eigenvalue weighted by molar-refractivity contribution is 0.0663. The van der Waals surface area contributed by atoms with Crippen molar-refractivity contribution < 1.29 is 5.11 Å². The molecule has 0 amide bonds. The zero-order valence-corrected chi connectivity index (χ0v) is 13.4. The molecule has 6 nitrogen and oxygen atoms in total. The van der Waals surface area contributed by atoms with Crippen LogP contribution in [0.3, 0.4) is 0 Å². The van der Waals surface area contributed by atoms with Crippen LogP contribution in [0.1, 0.15) is 31.7 Å². The largest absolute Gasteiger partial charge is 0.390 e. The second-order valence-corrected chi connectivity index (χ2v) is 6.34. The lowest BCUT2D eigenvalue weighted by atomic mass is 10.1. The molecule has 0 radical (unpaired) electrons. The monoisotopic (exact) mass is 299 g/mol. The minimum Gasteiger partial charge on any atom is -0.390 e. The first-order chi connectivity index (χ1) is 10.3. The van der Waals surface area contributed by atoms with Gasteiger partial charge in [0.25, 0.3) is 0 Å². The number of hydrogen-bond acceptors (Lipinski definition) is 4. The highest BCUT2D eigenvalue weighted by molar-refractivity contribution is 5.72. The molecule has 0 saturated carbocycles. The van der Waals surface area contributed by atoms with E-state index in [4.69, 9.17) is 0 Å². The van der Waals surface area contributed by atoms with Crippen molar-refractivity contribution in [2.75, 3.05) is 0 Å². The fourth-order valence-electron chi connectivity index (χ4n) is 2.56. The van der Waals surface area contributed by atoms with E-state index in [9.17, 15) is 5.11 Å². The summed E-state index contributed by atoms with van der Waals surface area (Å²) in [6, 6.07) is 2.00. The predicted octanol–water partition coefficient (Wildman–Crippen LogP) is 2.37. The van der Waals surface area contributed by atoms with Gasteiger partial charge in [0, 0.05) is 30.3 Å². The summed E-state index contributed by atoms with van der Waals surface area (Å²) < 4.78 is 3.87. The topological polar surface area (TPSA) is 68.2 Å². The van der Waals surface area contributed by atoms with Gasteiger partial charge in [0.1, 0.15) is 5.82 Å². The summed E-state index contributed by atoms with van der Waals surface area (Å²) in [6.07, 6.45) is 6.15. The molecule has 0 aliphatic carbocycles. The van der Waals surface area contributed by atoms with Crippen LogP contribution in [0.2, 0.25) is 0 Å². The molecule has 1 N–H and O–H groups in total. The average Bonchev–Trinajstić information content (AvgIpc) is 3.00. The van der Waals surface area contributed by atoms with Gasteiger partial charge in [-0.1, -0.05) is 0 Å². The molecule has 0 fully saturated rings. The number of aryl methyl sites for hydroxylation is 3. The van der Waals surface area contributed by atoms with Crippen molar-refractivity contribution in [1.29, 1.82) is 0 Å². The number of nitrogens with zero attached hydrogens (tertiary/aromatic N) is 5. The van der Waals surface area contributed by atoms with Crippen molar-refractivity contribution in [1.82, 2.24) is 24.1 Å². The van der Waals surface area contributed by atoms with Crippen molar-refractivity contribution >= 4 is 5.65 Å². The Morgan fingerprint density at radius 1 is 1.27 bits per heavy atom. The molecular weight excluding hydrogens is 278 g/mol. The molecule has 6 heteroatoms. The predicted molar refractivity (Wildman–Crippen MR) is 84.6 cm³/mol. The summed E-state index contributed by atoms with van der Waals surface area (Å²) in [6.45, 7) is 8.31. The highest BCUT2D eigenvalue weighted by Gasteiger charge is 2.17. The van der Waals surface area contributed by atoms with E-state index in [-0.39, 0.29) is 0 Å². The smallest absolute Gasteiger partial charge is 0.166 e. The third kappa shape index (κ3) is 2.74. The van der Waals surface area contributed by atoms with E-state index in [1.165, 1.54) is 0 Å². The minimum absolute atomic E-state index is 0.654. The first-order valence-electron chi connectivity index (χ1n) is 7.41. The summed E-state index contributed by atoms with van der Waals surface area (Å²) in [5.74, 6) is 0.830. The van der Waals surface area contributed by atoms with E-state index in [0.717, 1.165) is 28.4 Å². The van der Waals surface area contributed by atoms with E-state index >= 15 is 0 Å². The maximum absolute atomic E-state index is 9.92. The normalized spacial score (nSPS) is 12.2. The van der Waals surface area contributed by atoms with Crippen LogP contribution in [0.4, 0.5) is 0 Å². The van der Waals surface area contributed by atoms with E-state index in [1.54, 1.807) is 12.4 Å². The summed E-state index contributed by atoms with van der Waals surface area (Å²) in [7, 11) is 0. The lowest BCUT2D eigenvalue weighted by Crippen LogP contribution is -2.21. The van der Waals surface area contributed by atoms with Crippen molar-refractivity contribution in [3.63, 3.8) is 0 Å². The van der Waals surface area contributed by atoms with Crippen molar-refractivity contribution in [3.8, 4) is 11.4 Å². The third-order valence-electron chi connectivity index (χ3n) is 3.70. The molecule has 116 valence electrons. The van der Waals surface area contributed by atoms with Gasteiger partial charge in [0.05, 0.1) is 17.4 Å². The fraction of sp³-hybridized carbons (Fsp3) is 0.438. The van der Waals surface area contributed by atoms with E-state index in [0.29, 0.717) is 13.0 Å². The maximum atomic E-state index is 9.92. The van der Waals surface area contributed by atoms with Crippen LogP contribution in [0, 0.1) is 13.8 Å². The molecular formula is C16H21N5O. The number of rotatable bonds is 4. The molecule has 0 spiro atoms. The Hall–Kier alpha value is -2.21. The van der Waals surface area contributed by atoms with Crippen LogP contribution in [-0.2, 0) is 6.54 Å². The molecule has 3 rings (SSSR count). The third-order valence-corrected chi connectivity index (χ3v) is 3.70. The van der Waals surface area contributed by atoms with Crippen LogP contribution in [-0.4, -0.2) is 34.9 Å². The molecule has 22 heavy (non-hydrogen) atoms. The van der Waals surface area contributed by atoms with Crippen LogP contribution < -0.4 is 0 Å². The molecule has 3 aromatic rings. The Morgan fingerprint density at radius 3 is 2.77 bits per heavy atom. The van der Waals surface area contributed by atoms with Gasteiger partial charge in [-0.3, -0.25) is 0 Å². The van der Waals surface area contributed by atoms with E-state index < -0.39 is 5.60 Å². The molecule has 0 aliphatic rings. The standard InChI is InChI=1S/C16H21N5O/c1-11-9-12(2)21-15(19-11)13(10-18-21)14-17-6-8-20(14)7-5-16(3,4)22/h6,8-10,22H,5,7H2,1-4H3. The highest BCUT2D eigenvalue weighted by atomic mass is 16.3. The Labute approximate surface area is 129 Å². The molecule has 3 heterocycles. The maximum Gasteiger partial charge on any atom is 0.166 e. The van der Waals surface area contributed by atoms with Gasteiger partial charge in [0.2, 0.25) is 0 Å². The Morgan fingerprint density at radius 2 is 2.05 bits per heavy atom. The summed E-state index contributed by atoms with van der Waals surface area (Å²) in [4.78, 5) is 9.06. The summed E-state index contributed by atoms with van der Waals surface area (Å²) in [5.41, 5.74) is 3.03. The second-order valence-electron chi connectivity index (χ2n) is 6.34. The number of aliphatic hydroxyl groups is 1. The zero-order valence-electron chi connectivity index (χ0n) is 13.4. The van der Waals surface area contributed by atoms with Crippen LogP contribution in [0.25, 0.3) is 17.0 Å². The van der Waals surface area contributed by atoms with Gasteiger partial charge in [-0.05, 0) is 40.2 Å². The Bertz CT molecular complexity index is 810. The number of aromatic nitrogens is 5. The van der Waals surface area contributed by atoms with Crippen molar-refractivity contribution in [3.05, 3.63) is 36.0 Å². The van der Waals surface area contributed by atoms with Crippen LogP contribution >= 0.6 is 0 Å². The highest BCUT2D eigenvalue weighted by Crippen LogP contribution is 2.24. The number of fused-ring (bicyclic) bond motifs is 1. The van der Waals surface area contributed by atoms with E-state index in [2.05, 4.69) is 15.1 Å². The second kappa shape index (κ2) is 5.21. The van der Waals surface area contributed by atoms with Crippen molar-refractivity contribution in [2.45, 2.75) is 46.3 Å². The summed E-state index contributed by atoms with van der Waals surface area (Å²) in [5, 5.41) is 14.3. The molecule has 0 aromatic carbocycles. The molecule has 0 unspecified atom stereocenters. The van der Waals surface area contributed by atoms with Gasteiger partial charge < -0.3 is 9.67 Å². The Kier molecular flexibility index (Phi) is 3.48. The van der Waals surface area contributed by atoms with Gasteiger partial charge >= 0.3 is 0 Å². The SMILES string of the molecule is Cc1cc(C)n2ncc(-c3nccn3CCC(C)(C)O)c2n1. The van der Waals surface area contributed by atoms with Crippen LogP contribution in [0.15, 0.2) is 24.7 Å². The first kappa shape index (κ1) is 14.7. The molecule has 3 aromatic heterocycles. The lowest BCUT2D eigenvalue weighted by Gasteiger charge is -2.17. The van der Waals surface area contributed by atoms with Gasteiger partial charge in [0.15, 0.2) is 5.65 Å². The molecule has 0 saturated heterocycles.